The van der Waals surface area contributed by atoms with E-state index in [1.54, 1.807) is 0 Å². The molecule has 0 saturated carbocycles. The van der Waals surface area contributed by atoms with Crippen LogP contribution in [-0.4, -0.2) is 156 Å². The van der Waals surface area contributed by atoms with Crippen LogP contribution >= 0.6 is 0 Å². The van der Waals surface area contributed by atoms with Gasteiger partial charge in [0.05, 0.1) is 0 Å². The highest BCUT2D eigenvalue weighted by molar-refractivity contribution is 5.81. The minimum Gasteiger partial charge on any atom is -0.542 e. The number of hydrogen-bond acceptors (Lipinski definition) is 21. The first-order valence-electron chi connectivity index (χ1n) is 19.6. The Labute approximate surface area is 421 Å². The van der Waals surface area contributed by atoms with Crippen molar-refractivity contribution >= 4 is 59.7 Å². The van der Waals surface area contributed by atoms with Gasteiger partial charge in [0.1, 0.15) is 42.6 Å². The highest BCUT2D eigenvalue weighted by atomic mass is 19.4. The smallest absolute Gasteiger partial charge is 0.430 e. The van der Waals surface area contributed by atoms with E-state index in [1.807, 2.05) is 0 Å². The average molecular weight is 1180 g/mol. The number of quaternary nitrogens is 5. The van der Waals surface area contributed by atoms with E-state index in [-0.39, 0.29) is 0 Å². The summed E-state index contributed by atoms with van der Waals surface area (Å²) in [4.78, 5) is 109. The Kier molecular flexibility index (Phi) is 30.1. The van der Waals surface area contributed by atoms with E-state index < -0.39 is 156 Å². The topological polar surface area (TPSA) is 480 Å². The minimum atomic E-state index is -5.19. The van der Waals surface area contributed by atoms with Crippen LogP contribution in [0, 0.1) is 0 Å². The Bertz CT molecular complexity index is 1890. The normalized spacial score (nSPS) is 18.1. The van der Waals surface area contributed by atoms with Crippen LogP contribution in [0.3, 0.4) is 0 Å². The van der Waals surface area contributed by atoms with Crippen LogP contribution < -0.4 is 54.2 Å². The SMILES string of the molecule is CC(C)([NH3+])C(=O)OC[C@H]1O[C@H](OC(=O)C(C)(C)[NH3+])[C@H](OC(=O)C(C)(C)[NH3+])[C@@H](OC(=O)C(C)(C)[NH3+])[C@@H]1OC(=O)C(C)(C)[NH3+].O=C([O-])C(F)(F)F.O=C([O-])C(F)(F)F.O=C([O-])C(F)(F)F.O=C([O-])C(F)(F)F.O=C([O-])C(F)(F)F. The molecule has 15 N–H and O–H groups in total. The van der Waals surface area contributed by atoms with Crippen LogP contribution in [0.5, 0.6) is 0 Å². The summed E-state index contributed by atoms with van der Waals surface area (Å²) in [5.41, 5.74) is 12.5. The van der Waals surface area contributed by atoms with Crippen molar-refractivity contribution in [1.82, 2.24) is 0 Å². The molecular formula is C36H52F15N5O21. The maximum absolute atomic E-state index is 13.1. The molecule has 26 nitrogen and oxygen atoms in total. The predicted octanol–water partition coefficient (Wildman–Crippen LogP) is -8.87. The molecule has 0 spiro atoms. The maximum atomic E-state index is 13.1. The number of carboxylic acid groups (broad SMARTS) is 5. The highest BCUT2D eigenvalue weighted by Crippen LogP contribution is 2.32. The molecule has 0 bridgehead atoms. The van der Waals surface area contributed by atoms with Crippen molar-refractivity contribution in [3.63, 3.8) is 0 Å². The summed E-state index contributed by atoms with van der Waals surface area (Å²) < 4.78 is 192. The van der Waals surface area contributed by atoms with Gasteiger partial charge in [-0.15, -0.1) is 0 Å². The summed E-state index contributed by atoms with van der Waals surface area (Å²) in [6.45, 7) is 14.4. The molecule has 77 heavy (non-hydrogen) atoms. The van der Waals surface area contributed by atoms with Gasteiger partial charge >= 0.3 is 60.7 Å². The number of aliphatic carboxylic acids is 5. The van der Waals surface area contributed by atoms with Crippen LogP contribution in [-0.2, 0) is 76.4 Å². The first-order chi connectivity index (χ1) is 33.3. The molecule has 41 heteroatoms. The van der Waals surface area contributed by atoms with E-state index in [1.165, 1.54) is 69.2 Å². The van der Waals surface area contributed by atoms with Crippen molar-refractivity contribution in [2.24, 2.45) is 0 Å². The lowest BCUT2D eigenvalue weighted by molar-refractivity contribution is -0.459. The standard InChI is InChI=1S/C26H47N5O11.5C2HF3O2/c1-22(2,27)17(32)37-11-12-13(39-18(33)23(3,4)28)14(40-19(34)24(5,6)29)15(41-20(35)25(7,8)30)16(38-12)42-21(36)26(9,10)31;5*3-2(4,5)1(6)7/h12-16H,11,27-31H2,1-10H3;5*(H,6,7)/t12-,13-,14+,15-,16-;;;;;/m1...../s1. The average Bonchev–Trinajstić information content (AvgIpc) is 3.16. The second kappa shape index (κ2) is 29.2. The van der Waals surface area contributed by atoms with Gasteiger partial charge in [-0.3, -0.25) is 0 Å². The van der Waals surface area contributed by atoms with Gasteiger partial charge in [-0.1, -0.05) is 0 Å². The fourth-order valence-corrected chi connectivity index (χ4v) is 2.98. The fraction of sp³-hybridized carbons (Fsp3) is 0.722. The van der Waals surface area contributed by atoms with Gasteiger partial charge in [-0.2, -0.15) is 65.9 Å². The van der Waals surface area contributed by atoms with Crippen LogP contribution in [0.15, 0.2) is 0 Å². The Hall–Kier alpha value is -6.59. The third kappa shape index (κ3) is 35.4. The Morgan fingerprint density at radius 2 is 0.532 bits per heavy atom. The number of alkyl halides is 15. The van der Waals surface area contributed by atoms with Crippen LogP contribution in [0.25, 0.3) is 0 Å². The molecule has 1 aliphatic heterocycles. The third-order valence-electron chi connectivity index (χ3n) is 6.84. The second-order valence-electron chi connectivity index (χ2n) is 18.0. The van der Waals surface area contributed by atoms with Gasteiger partial charge < -0.3 is 107 Å². The zero-order chi connectivity index (χ0) is 63.6. The molecule has 452 valence electrons. The van der Waals surface area contributed by atoms with E-state index in [4.69, 9.17) is 77.9 Å². The summed E-state index contributed by atoms with van der Waals surface area (Å²) >= 11 is 0. The van der Waals surface area contributed by atoms with Gasteiger partial charge in [-0.25, -0.2) is 24.0 Å². The van der Waals surface area contributed by atoms with Crippen molar-refractivity contribution in [2.75, 3.05) is 6.61 Å². The lowest BCUT2D eigenvalue weighted by Crippen LogP contribution is -2.77. The van der Waals surface area contributed by atoms with Crippen molar-refractivity contribution < 1.29 is 196 Å². The number of ether oxygens (including phenoxy) is 6. The largest absolute Gasteiger partial charge is 0.542 e. The Morgan fingerprint density at radius 1 is 0.351 bits per heavy atom. The number of hydrogen-bond donors (Lipinski definition) is 5. The zero-order valence-corrected chi connectivity index (χ0v) is 41.4. The number of esters is 5. The summed E-state index contributed by atoms with van der Waals surface area (Å²) in [6, 6.07) is 0. The van der Waals surface area contributed by atoms with Gasteiger partial charge in [-0.05, 0) is 0 Å². The molecule has 0 aromatic heterocycles. The summed E-state index contributed by atoms with van der Waals surface area (Å²) in [5.74, 6) is -19.2. The molecule has 1 aliphatic rings. The molecule has 0 unspecified atom stereocenters. The minimum absolute atomic E-state index is 0.543. The van der Waals surface area contributed by atoms with Gasteiger partial charge in [0.15, 0.2) is 39.9 Å². The van der Waals surface area contributed by atoms with E-state index in [9.17, 15) is 89.8 Å². The summed E-state index contributed by atoms with van der Waals surface area (Å²) in [5, 5.41) is 43.9. The van der Waals surface area contributed by atoms with E-state index >= 15 is 0 Å². The summed E-state index contributed by atoms with van der Waals surface area (Å²) in [6.07, 6.45) is -33.9. The molecule has 0 aromatic carbocycles. The quantitative estimate of drug-likeness (QED) is 0.0728. The summed E-state index contributed by atoms with van der Waals surface area (Å²) in [7, 11) is 0. The Balaban J connectivity index is -0.000000391. The van der Waals surface area contributed by atoms with E-state index in [0.717, 1.165) is 0 Å². The molecule has 5 atom stereocenters. The van der Waals surface area contributed by atoms with Crippen LogP contribution in [0.4, 0.5) is 65.9 Å². The number of carbonyl (C=O) groups excluding carboxylic acids is 10. The Morgan fingerprint density at radius 3 is 0.727 bits per heavy atom. The monoisotopic (exact) mass is 1180 g/mol. The number of carbonyl (C=O) groups is 10. The first kappa shape index (κ1) is 79.3. The molecule has 0 radical (unpaired) electrons. The third-order valence-corrected chi connectivity index (χ3v) is 6.84. The highest BCUT2D eigenvalue weighted by Gasteiger charge is 2.57. The molecule has 0 amide bonds. The van der Waals surface area contributed by atoms with Crippen molar-refractivity contribution in [2.45, 2.75) is 159 Å². The van der Waals surface area contributed by atoms with Crippen LogP contribution in [0.2, 0.25) is 0 Å². The van der Waals surface area contributed by atoms with Crippen molar-refractivity contribution in [3.8, 4) is 0 Å². The van der Waals surface area contributed by atoms with Crippen LogP contribution in [0.1, 0.15) is 69.2 Å². The van der Waals surface area contributed by atoms with Gasteiger partial charge in [0, 0.05) is 69.2 Å². The fourth-order valence-electron chi connectivity index (χ4n) is 2.98. The molecule has 1 rings (SSSR count). The van der Waals surface area contributed by atoms with E-state index in [0.29, 0.717) is 0 Å². The van der Waals surface area contributed by atoms with Crippen molar-refractivity contribution in [1.29, 1.82) is 0 Å². The first-order valence-corrected chi connectivity index (χ1v) is 19.6. The maximum Gasteiger partial charge on any atom is 0.430 e. The molecule has 1 heterocycles. The lowest BCUT2D eigenvalue weighted by Gasteiger charge is -2.45. The second-order valence-corrected chi connectivity index (χ2v) is 18.0. The zero-order valence-electron chi connectivity index (χ0n) is 41.4. The number of halogens is 15. The molecule has 1 fully saturated rings. The molecule has 0 aromatic rings. The molecule has 1 saturated heterocycles. The van der Waals surface area contributed by atoms with Crippen molar-refractivity contribution in [3.05, 3.63) is 0 Å². The number of rotatable bonds is 11. The van der Waals surface area contributed by atoms with E-state index in [2.05, 4.69) is 28.7 Å². The number of carboxylic acids is 5. The predicted molar refractivity (Wildman–Crippen MR) is 195 cm³/mol. The van der Waals surface area contributed by atoms with Gasteiger partial charge in [0.25, 0.3) is 0 Å². The molecule has 0 aliphatic carbocycles. The lowest BCUT2D eigenvalue weighted by atomic mass is 9.96. The molecular weight excluding hydrogens is 1120 g/mol. The van der Waals surface area contributed by atoms with Gasteiger partial charge in [0.2, 0.25) is 12.4 Å².